The molecular formula is C22H23FN4O5. The molecule has 0 saturated heterocycles. The Labute approximate surface area is 183 Å². The summed E-state index contributed by atoms with van der Waals surface area (Å²) in [5.74, 6) is -2.35. The van der Waals surface area contributed by atoms with E-state index < -0.39 is 46.8 Å². The molecule has 2 amide bonds. The van der Waals surface area contributed by atoms with Gasteiger partial charge in [0.05, 0.1) is 12.2 Å². The Bertz CT molecular complexity index is 1160. The van der Waals surface area contributed by atoms with Crippen LogP contribution in [-0.4, -0.2) is 47.9 Å². The van der Waals surface area contributed by atoms with Gasteiger partial charge in [0.2, 0.25) is 0 Å². The molecule has 0 bridgehead atoms. The van der Waals surface area contributed by atoms with Crippen LogP contribution in [0, 0.1) is 5.92 Å². The normalized spacial score (nSPS) is 23.5. The van der Waals surface area contributed by atoms with Gasteiger partial charge < -0.3 is 25.0 Å². The van der Waals surface area contributed by atoms with Crippen LogP contribution in [-0.2, 0) is 16.1 Å². The number of aromatic hydroxyl groups is 1. The first-order chi connectivity index (χ1) is 15.3. The molecule has 1 aromatic rings. The van der Waals surface area contributed by atoms with Gasteiger partial charge in [-0.3, -0.25) is 19.4 Å². The zero-order valence-electron chi connectivity index (χ0n) is 17.6. The molecule has 0 radical (unpaired) electrons. The zero-order valence-corrected chi connectivity index (χ0v) is 17.6. The minimum Gasteiger partial charge on any atom is -0.505 e. The van der Waals surface area contributed by atoms with E-state index in [1.54, 1.807) is 18.4 Å². The second-order valence-electron chi connectivity index (χ2n) is 7.72. The summed E-state index contributed by atoms with van der Waals surface area (Å²) in [7, 11) is 2.81. The van der Waals surface area contributed by atoms with E-state index >= 15 is 0 Å². The number of carbonyl (C=O) groups excluding carboxylic acids is 2. The van der Waals surface area contributed by atoms with Gasteiger partial charge in [-0.1, -0.05) is 18.2 Å². The van der Waals surface area contributed by atoms with Gasteiger partial charge in [-0.15, -0.1) is 0 Å². The topological polar surface area (TPSA) is 122 Å². The molecule has 3 atom stereocenters. The number of amides is 2. The Morgan fingerprint density at radius 1 is 1.31 bits per heavy atom. The van der Waals surface area contributed by atoms with Gasteiger partial charge in [0, 0.05) is 32.6 Å². The molecule has 1 aromatic heterocycles. The number of pyridine rings is 1. The molecule has 3 N–H and O–H groups in total. The van der Waals surface area contributed by atoms with Gasteiger partial charge in [0.15, 0.2) is 11.9 Å². The fourth-order valence-corrected chi connectivity index (χ4v) is 4.16. The molecule has 0 saturated carbocycles. The minimum absolute atomic E-state index is 0.0659. The smallest absolute Gasteiger partial charge is 0.267 e. The molecule has 0 spiro atoms. The molecule has 0 aromatic carbocycles. The van der Waals surface area contributed by atoms with Crippen LogP contribution in [0.5, 0.6) is 5.75 Å². The lowest BCUT2D eigenvalue weighted by Gasteiger charge is -2.38. The number of halogens is 1. The quantitative estimate of drug-likeness (QED) is 0.653. The van der Waals surface area contributed by atoms with Crippen molar-refractivity contribution in [2.24, 2.45) is 10.9 Å². The largest absolute Gasteiger partial charge is 0.505 e. The first kappa shape index (κ1) is 21.7. The van der Waals surface area contributed by atoms with E-state index in [1.807, 2.05) is 6.08 Å². The number of aromatic nitrogens is 1. The number of allylic oxidation sites excluding steroid dienone is 6. The SMILES string of the molecule is CNC(=O)c1c(O)c2c3n(c1=O)CC(C(=O)NC)OC3C(CC1=CC=C(F)CC=C1)C=N2. The molecule has 0 fully saturated rings. The number of carbonyl (C=O) groups is 2. The Kier molecular flexibility index (Phi) is 5.79. The van der Waals surface area contributed by atoms with E-state index in [0.29, 0.717) is 12.1 Å². The summed E-state index contributed by atoms with van der Waals surface area (Å²) in [4.78, 5) is 42.1. The highest BCUT2D eigenvalue weighted by Gasteiger charge is 2.42. The van der Waals surface area contributed by atoms with Gasteiger partial charge in [0.1, 0.15) is 23.2 Å². The second kappa shape index (κ2) is 8.54. The zero-order chi connectivity index (χ0) is 23.0. The number of nitrogens with one attached hydrogen (secondary N) is 2. The summed E-state index contributed by atoms with van der Waals surface area (Å²) in [6.07, 6.45) is 7.01. The van der Waals surface area contributed by atoms with Crippen molar-refractivity contribution in [3.8, 4) is 5.75 Å². The van der Waals surface area contributed by atoms with Crippen LogP contribution in [0.2, 0.25) is 0 Å². The van der Waals surface area contributed by atoms with Gasteiger partial charge in [-0.25, -0.2) is 4.39 Å². The molecule has 32 heavy (non-hydrogen) atoms. The summed E-state index contributed by atoms with van der Waals surface area (Å²) < 4.78 is 20.9. The summed E-state index contributed by atoms with van der Waals surface area (Å²) in [5.41, 5.74) is 0.0394. The van der Waals surface area contributed by atoms with Crippen molar-refractivity contribution < 1.29 is 23.8 Å². The van der Waals surface area contributed by atoms with E-state index in [1.165, 1.54) is 24.7 Å². The van der Waals surface area contributed by atoms with Crippen LogP contribution in [0.3, 0.4) is 0 Å². The first-order valence-corrected chi connectivity index (χ1v) is 10.2. The van der Waals surface area contributed by atoms with E-state index in [-0.39, 0.29) is 24.5 Å². The highest BCUT2D eigenvalue weighted by atomic mass is 19.1. The third kappa shape index (κ3) is 3.66. The van der Waals surface area contributed by atoms with Crippen LogP contribution in [0.4, 0.5) is 10.1 Å². The third-order valence-corrected chi connectivity index (χ3v) is 5.75. The maximum atomic E-state index is 13.6. The highest BCUT2D eigenvalue weighted by molar-refractivity contribution is 5.98. The van der Waals surface area contributed by atoms with Crippen molar-refractivity contribution >= 4 is 23.7 Å². The number of hydrogen-bond acceptors (Lipinski definition) is 6. The predicted molar refractivity (Wildman–Crippen MR) is 115 cm³/mol. The maximum absolute atomic E-state index is 13.6. The average Bonchev–Trinajstić information content (AvgIpc) is 3.00. The lowest BCUT2D eigenvalue weighted by Crippen LogP contribution is -2.48. The van der Waals surface area contributed by atoms with E-state index in [9.17, 15) is 23.9 Å². The molecule has 9 nitrogen and oxygen atoms in total. The van der Waals surface area contributed by atoms with Crippen molar-refractivity contribution in [1.82, 2.24) is 15.2 Å². The molecular weight excluding hydrogens is 419 g/mol. The van der Waals surface area contributed by atoms with E-state index in [2.05, 4.69) is 15.6 Å². The van der Waals surface area contributed by atoms with Crippen molar-refractivity contribution in [3.05, 3.63) is 57.3 Å². The van der Waals surface area contributed by atoms with Crippen LogP contribution in [0.1, 0.15) is 35.0 Å². The highest BCUT2D eigenvalue weighted by Crippen LogP contribution is 2.46. The Hall–Kier alpha value is -3.53. The third-order valence-electron chi connectivity index (χ3n) is 5.75. The Morgan fingerprint density at radius 2 is 2.09 bits per heavy atom. The van der Waals surface area contributed by atoms with Gasteiger partial charge in [-0.2, -0.15) is 0 Å². The monoisotopic (exact) mass is 442 g/mol. The van der Waals surface area contributed by atoms with Crippen molar-refractivity contribution in [3.63, 3.8) is 0 Å². The predicted octanol–water partition coefficient (Wildman–Crippen LogP) is 1.56. The molecule has 3 unspecified atom stereocenters. The van der Waals surface area contributed by atoms with Crippen molar-refractivity contribution in [2.75, 3.05) is 14.1 Å². The molecule has 10 heteroatoms. The fourth-order valence-electron chi connectivity index (χ4n) is 4.16. The van der Waals surface area contributed by atoms with Crippen LogP contribution in [0.15, 0.2) is 45.5 Å². The minimum atomic E-state index is -0.977. The lowest BCUT2D eigenvalue weighted by molar-refractivity contribution is -0.143. The number of hydrogen-bond donors (Lipinski definition) is 3. The van der Waals surface area contributed by atoms with Gasteiger partial charge >= 0.3 is 0 Å². The molecule has 2 aliphatic heterocycles. The number of aliphatic imine (C=N–C) groups is 1. The maximum Gasteiger partial charge on any atom is 0.267 e. The molecule has 3 heterocycles. The summed E-state index contributed by atoms with van der Waals surface area (Å²) in [6, 6.07) is 0. The number of nitrogens with zero attached hydrogens (tertiary/aromatic N) is 2. The van der Waals surface area contributed by atoms with Crippen LogP contribution >= 0.6 is 0 Å². The number of rotatable bonds is 4. The number of likely N-dealkylation sites (N-methyl/N-ethyl adjacent to an activating group) is 1. The van der Waals surface area contributed by atoms with Gasteiger partial charge in [-0.05, 0) is 18.1 Å². The van der Waals surface area contributed by atoms with Gasteiger partial charge in [0.25, 0.3) is 17.4 Å². The fraction of sp³-hybridized carbons (Fsp3) is 0.364. The summed E-state index contributed by atoms with van der Waals surface area (Å²) in [6.45, 7) is -0.125. The Morgan fingerprint density at radius 3 is 2.81 bits per heavy atom. The molecule has 1 aliphatic carbocycles. The second-order valence-corrected chi connectivity index (χ2v) is 7.72. The number of ether oxygens (including phenoxy) is 1. The lowest BCUT2D eigenvalue weighted by atomic mass is 9.88. The van der Waals surface area contributed by atoms with Crippen molar-refractivity contribution in [1.29, 1.82) is 0 Å². The van der Waals surface area contributed by atoms with Crippen LogP contribution in [0.25, 0.3) is 0 Å². The molecule has 3 aliphatic rings. The summed E-state index contributed by atoms with van der Waals surface area (Å²) in [5, 5.41) is 15.5. The Balaban J connectivity index is 1.83. The molecule has 168 valence electrons. The standard InChI is InChI=1S/C22H23FN4O5/c1-24-20(29)14-10-27-17-16(18(28)15(22(27)31)21(30)25-2)26-9-12(19(17)32-14)8-11-4-3-5-13(23)7-6-11/h3-4,6-7,9,12,14,19,28H,5,8,10H2,1-2H3,(H,24,29)(H,25,30). The first-order valence-electron chi connectivity index (χ1n) is 10.2. The van der Waals surface area contributed by atoms with Crippen LogP contribution < -0.4 is 16.2 Å². The molecule has 4 rings (SSSR count). The summed E-state index contributed by atoms with van der Waals surface area (Å²) >= 11 is 0. The van der Waals surface area contributed by atoms with E-state index in [4.69, 9.17) is 4.74 Å². The van der Waals surface area contributed by atoms with E-state index in [0.717, 1.165) is 5.57 Å². The average molecular weight is 442 g/mol. The van der Waals surface area contributed by atoms with Crippen molar-refractivity contribution in [2.45, 2.75) is 31.6 Å².